The molecule has 0 aliphatic heterocycles. The quantitative estimate of drug-likeness (QED) is 0.325. The first-order valence-corrected chi connectivity index (χ1v) is 10.3. The fraction of sp³-hybridized carbons (Fsp3) is 0.0714. The van der Waals surface area contributed by atoms with E-state index in [-0.39, 0.29) is 0 Å². The largest absolute Gasteiger partial charge is 0.355 e. The highest BCUT2D eigenvalue weighted by Gasteiger charge is 2.07. The minimum Gasteiger partial charge on any atom is -0.355 e. The average molecular weight is 389 g/mol. The molecule has 0 radical (unpaired) electrons. The number of aryl methyl sites for hydroxylation is 2. The molecule has 0 saturated carbocycles. The summed E-state index contributed by atoms with van der Waals surface area (Å²) in [6, 6.07) is 34.2. The minimum absolute atomic E-state index is 1.08. The lowest BCUT2D eigenvalue weighted by molar-refractivity contribution is 1.44. The van der Waals surface area contributed by atoms with Crippen molar-refractivity contribution in [3.05, 3.63) is 108 Å². The second-order valence-electron chi connectivity index (χ2n) is 7.78. The average Bonchev–Trinajstić information content (AvgIpc) is 2.79. The number of nitrogens with one attached hydrogen (secondary N) is 2. The summed E-state index contributed by atoms with van der Waals surface area (Å²) in [5.41, 5.74) is 6.96. The molecule has 0 saturated heterocycles. The van der Waals surface area contributed by atoms with Crippen LogP contribution in [0.5, 0.6) is 0 Å². The van der Waals surface area contributed by atoms with Crippen molar-refractivity contribution in [2.45, 2.75) is 13.8 Å². The van der Waals surface area contributed by atoms with E-state index in [1.165, 1.54) is 44.0 Å². The molecule has 30 heavy (non-hydrogen) atoms. The van der Waals surface area contributed by atoms with Crippen molar-refractivity contribution in [2.24, 2.45) is 0 Å². The Morgan fingerprint density at radius 3 is 1.27 bits per heavy atom. The molecule has 0 aliphatic rings. The maximum absolute atomic E-state index is 3.62. The highest BCUT2D eigenvalue weighted by molar-refractivity contribution is 5.98. The van der Waals surface area contributed by atoms with Crippen molar-refractivity contribution >= 4 is 44.3 Å². The summed E-state index contributed by atoms with van der Waals surface area (Å²) in [4.78, 5) is 0. The highest BCUT2D eigenvalue weighted by atomic mass is 14.9. The summed E-state index contributed by atoms with van der Waals surface area (Å²) in [5.74, 6) is 0. The third-order valence-corrected chi connectivity index (χ3v) is 5.70. The van der Waals surface area contributed by atoms with Gasteiger partial charge >= 0.3 is 0 Å². The summed E-state index contributed by atoms with van der Waals surface area (Å²) < 4.78 is 0. The van der Waals surface area contributed by atoms with Gasteiger partial charge in [0.25, 0.3) is 0 Å². The lowest BCUT2D eigenvalue weighted by Gasteiger charge is -2.15. The molecule has 2 nitrogen and oxygen atoms in total. The monoisotopic (exact) mass is 388 g/mol. The lowest BCUT2D eigenvalue weighted by atomic mass is 10.0. The normalized spacial score (nSPS) is 11.0. The zero-order valence-corrected chi connectivity index (χ0v) is 17.2. The van der Waals surface area contributed by atoms with Crippen LogP contribution in [0.4, 0.5) is 22.7 Å². The molecule has 0 atom stereocenters. The smallest absolute Gasteiger partial charge is 0.0493 e. The maximum Gasteiger partial charge on any atom is 0.0493 e. The highest BCUT2D eigenvalue weighted by Crippen LogP contribution is 2.32. The number of benzene rings is 5. The van der Waals surface area contributed by atoms with Crippen LogP contribution in [0.1, 0.15) is 11.1 Å². The van der Waals surface area contributed by atoms with E-state index in [9.17, 15) is 0 Å². The van der Waals surface area contributed by atoms with Crippen molar-refractivity contribution < 1.29 is 0 Å². The van der Waals surface area contributed by atoms with Gasteiger partial charge in [-0.15, -0.1) is 0 Å². The number of hydrogen-bond donors (Lipinski definition) is 2. The Morgan fingerprint density at radius 1 is 0.433 bits per heavy atom. The zero-order chi connectivity index (χ0) is 20.5. The van der Waals surface area contributed by atoms with Crippen molar-refractivity contribution in [1.29, 1.82) is 0 Å². The Hall–Kier alpha value is -3.78. The van der Waals surface area contributed by atoms with Crippen molar-refractivity contribution in [1.82, 2.24) is 0 Å². The number of rotatable bonds is 4. The van der Waals surface area contributed by atoms with Gasteiger partial charge in [-0.1, -0.05) is 72.8 Å². The molecular formula is C28H24N2. The van der Waals surface area contributed by atoms with Crippen LogP contribution < -0.4 is 10.6 Å². The van der Waals surface area contributed by atoms with E-state index >= 15 is 0 Å². The fourth-order valence-corrected chi connectivity index (χ4v) is 4.02. The molecule has 0 bridgehead atoms. The van der Waals surface area contributed by atoms with Crippen LogP contribution in [0.3, 0.4) is 0 Å². The standard InChI is InChI=1S/C28H24N2/c1-19-11-13-21-7-3-5-9-25(21)27(19)29-23-15-17-24(18-16-23)30-28-20(2)12-14-22-8-4-6-10-26(22)28/h3-18,29-30H,1-2H3. The van der Waals surface area contributed by atoms with Gasteiger partial charge in [-0.05, 0) is 60.0 Å². The molecule has 0 amide bonds. The summed E-state index contributed by atoms with van der Waals surface area (Å²) >= 11 is 0. The van der Waals surface area contributed by atoms with Crippen LogP contribution >= 0.6 is 0 Å². The number of anilines is 4. The summed E-state index contributed by atoms with van der Waals surface area (Å²) in [6.07, 6.45) is 0. The Morgan fingerprint density at radius 2 is 0.833 bits per heavy atom. The molecule has 0 aromatic heterocycles. The third kappa shape index (κ3) is 3.37. The van der Waals surface area contributed by atoms with Gasteiger partial charge in [0, 0.05) is 33.5 Å². The Bertz CT molecular complexity index is 1240. The van der Waals surface area contributed by atoms with Gasteiger partial charge in [0.1, 0.15) is 0 Å². The van der Waals surface area contributed by atoms with E-state index in [4.69, 9.17) is 0 Å². The molecule has 0 unspecified atom stereocenters. The second kappa shape index (κ2) is 7.57. The predicted molar refractivity (Wildman–Crippen MR) is 130 cm³/mol. The molecule has 0 spiro atoms. The Kier molecular flexibility index (Phi) is 4.61. The predicted octanol–water partition coefficient (Wildman–Crippen LogP) is 8.10. The second-order valence-corrected chi connectivity index (χ2v) is 7.78. The van der Waals surface area contributed by atoms with Crippen molar-refractivity contribution in [3.8, 4) is 0 Å². The lowest BCUT2D eigenvalue weighted by Crippen LogP contribution is -1.97. The van der Waals surface area contributed by atoms with Crippen molar-refractivity contribution in [2.75, 3.05) is 10.6 Å². The van der Waals surface area contributed by atoms with Crippen LogP contribution in [0.25, 0.3) is 21.5 Å². The molecule has 0 heterocycles. The molecular weight excluding hydrogens is 364 g/mol. The van der Waals surface area contributed by atoms with Gasteiger partial charge in [0.2, 0.25) is 0 Å². The van der Waals surface area contributed by atoms with E-state index in [1.54, 1.807) is 0 Å². The summed E-state index contributed by atoms with van der Waals surface area (Å²) in [6.45, 7) is 4.29. The van der Waals surface area contributed by atoms with Crippen LogP contribution in [0.2, 0.25) is 0 Å². The SMILES string of the molecule is Cc1ccc2ccccc2c1Nc1ccc(Nc2c(C)ccc3ccccc23)cc1. The van der Waals surface area contributed by atoms with Crippen LogP contribution in [0.15, 0.2) is 97.1 Å². The van der Waals surface area contributed by atoms with Crippen molar-refractivity contribution in [3.63, 3.8) is 0 Å². The molecule has 0 aliphatic carbocycles. The van der Waals surface area contributed by atoms with Gasteiger partial charge in [-0.25, -0.2) is 0 Å². The summed E-state index contributed by atoms with van der Waals surface area (Å²) in [7, 11) is 0. The van der Waals surface area contributed by atoms with Gasteiger partial charge in [-0.2, -0.15) is 0 Å². The van der Waals surface area contributed by atoms with Crippen LogP contribution in [0, 0.1) is 13.8 Å². The van der Waals surface area contributed by atoms with Gasteiger partial charge in [-0.3, -0.25) is 0 Å². The molecule has 5 aromatic rings. The molecule has 146 valence electrons. The van der Waals surface area contributed by atoms with E-state index in [2.05, 4.69) is 122 Å². The number of fused-ring (bicyclic) bond motifs is 2. The fourth-order valence-electron chi connectivity index (χ4n) is 4.02. The first-order valence-electron chi connectivity index (χ1n) is 10.3. The Labute approximate surface area is 177 Å². The first kappa shape index (κ1) is 18.3. The minimum atomic E-state index is 1.08. The molecule has 2 heteroatoms. The molecule has 2 N–H and O–H groups in total. The van der Waals surface area contributed by atoms with Gasteiger partial charge in [0.05, 0.1) is 0 Å². The maximum atomic E-state index is 3.62. The number of hydrogen-bond acceptors (Lipinski definition) is 2. The summed E-state index contributed by atoms with van der Waals surface area (Å²) in [5, 5.41) is 12.2. The van der Waals surface area contributed by atoms with E-state index in [0.717, 1.165) is 11.4 Å². The van der Waals surface area contributed by atoms with E-state index < -0.39 is 0 Å². The van der Waals surface area contributed by atoms with Crippen LogP contribution in [-0.4, -0.2) is 0 Å². The first-order chi connectivity index (χ1) is 14.7. The van der Waals surface area contributed by atoms with Gasteiger partial charge in [0.15, 0.2) is 0 Å². The molecule has 5 aromatic carbocycles. The molecule has 0 fully saturated rings. The molecule has 5 rings (SSSR count). The van der Waals surface area contributed by atoms with E-state index in [0.29, 0.717) is 0 Å². The zero-order valence-electron chi connectivity index (χ0n) is 17.2. The third-order valence-electron chi connectivity index (χ3n) is 5.70. The van der Waals surface area contributed by atoms with Crippen LogP contribution in [-0.2, 0) is 0 Å². The Balaban J connectivity index is 1.44. The van der Waals surface area contributed by atoms with E-state index in [1.807, 2.05) is 0 Å². The topological polar surface area (TPSA) is 24.1 Å². The van der Waals surface area contributed by atoms with Gasteiger partial charge < -0.3 is 10.6 Å².